The van der Waals surface area contributed by atoms with Gasteiger partial charge in [0.1, 0.15) is 17.4 Å². The van der Waals surface area contributed by atoms with E-state index in [9.17, 15) is 4.79 Å². The van der Waals surface area contributed by atoms with Gasteiger partial charge in [-0.1, -0.05) is 0 Å². The van der Waals surface area contributed by atoms with Crippen LogP contribution in [0.1, 0.15) is 12.5 Å². The van der Waals surface area contributed by atoms with Gasteiger partial charge >= 0.3 is 0 Å². The predicted molar refractivity (Wildman–Crippen MR) is 83.9 cm³/mol. The van der Waals surface area contributed by atoms with Crippen LogP contribution in [0.2, 0.25) is 0 Å². The fraction of sp³-hybridized carbons (Fsp3) is 0.294. The van der Waals surface area contributed by atoms with E-state index in [0.717, 1.165) is 17.0 Å². The number of hydrogen-bond donors (Lipinski definition) is 0. The Morgan fingerprint density at radius 1 is 1.18 bits per heavy atom. The highest BCUT2D eigenvalue weighted by Gasteiger charge is 2.10. The first kappa shape index (κ1) is 15.8. The van der Waals surface area contributed by atoms with Crippen LogP contribution >= 0.6 is 0 Å². The Kier molecular flexibility index (Phi) is 5.34. The van der Waals surface area contributed by atoms with Crippen molar-refractivity contribution in [3.63, 3.8) is 0 Å². The van der Waals surface area contributed by atoms with Crippen molar-refractivity contribution >= 4 is 0 Å². The van der Waals surface area contributed by atoms with Gasteiger partial charge in [-0.25, -0.2) is 0 Å². The normalized spacial score (nSPS) is 10.2. The zero-order valence-corrected chi connectivity index (χ0v) is 12.7. The summed E-state index contributed by atoms with van der Waals surface area (Å²) in [6.45, 7) is 3.33. The molecule has 0 atom stereocenters. The van der Waals surface area contributed by atoms with Crippen LogP contribution in [0.25, 0.3) is 11.3 Å². The predicted octanol–water partition coefficient (Wildman–Crippen LogP) is 2.43. The van der Waals surface area contributed by atoms with Gasteiger partial charge < -0.3 is 14.0 Å². The lowest BCUT2D eigenvalue weighted by Gasteiger charge is -2.13. The summed E-state index contributed by atoms with van der Waals surface area (Å²) in [4.78, 5) is 12.3. The van der Waals surface area contributed by atoms with Crippen molar-refractivity contribution in [3.05, 3.63) is 52.3 Å². The molecule has 0 spiro atoms. The molecule has 0 aliphatic heterocycles. The lowest BCUT2D eigenvalue weighted by molar-refractivity contribution is 0.186. The largest absolute Gasteiger partial charge is 0.494 e. The SMILES string of the molecule is CCOc1ccc(-c2ccc(C#N)c(=O)n2CCOC)cc1. The second-order valence-corrected chi connectivity index (χ2v) is 4.65. The average Bonchev–Trinajstić information content (AvgIpc) is 2.54. The van der Waals surface area contributed by atoms with Gasteiger partial charge in [0.05, 0.1) is 18.9 Å². The van der Waals surface area contributed by atoms with E-state index in [0.29, 0.717) is 19.8 Å². The topological polar surface area (TPSA) is 64.2 Å². The smallest absolute Gasteiger partial charge is 0.269 e. The molecule has 114 valence electrons. The molecule has 22 heavy (non-hydrogen) atoms. The second-order valence-electron chi connectivity index (χ2n) is 4.65. The molecule has 0 fully saturated rings. The van der Waals surface area contributed by atoms with Crippen molar-refractivity contribution in [2.45, 2.75) is 13.5 Å². The van der Waals surface area contributed by atoms with Gasteiger partial charge in [-0.3, -0.25) is 4.79 Å². The van der Waals surface area contributed by atoms with Crippen LogP contribution < -0.4 is 10.3 Å². The van der Waals surface area contributed by atoms with Crippen LogP contribution in [0.5, 0.6) is 5.75 Å². The van der Waals surface area contributed by atoms with Gasteiger partial charge in [0.2, 0.25) is 0 Å². The number of hydrogen-bond acceptors (Lipinski definition) is 4. The molecule has 0 aliphatic rings. The number of nitriles is 1. The molecule has 5 nitrogen and oxygen atoms in total. The number of nitrogens with zero attached hydrogens (tertiary/aromatic N) is 2. The van der Waals surface area contributed by atoms with Crippen LogP contribution in [0, 0.1) is 11.3 Å². The summed E-state index contributed by atoms with van der Waals surface area (Å²) in [6.07, 6.45) is 0. The first-order chi connectivity index (χ1) is 10.7. The summed E-state index contributed by atoms with van der Waals surface area (Å²) in [7, 11) is 1.58. The molecule has 0 unspecified atom stereocenters. The van der Waals surface area contributed by atoms with Crippen molar-refractivity contribution in [1.82, 2.24) is 4.57 Å². The van der Waals surface area contributed by atoms with Gasteiger partial charge in [0.15, 0.2) is 0 Å². The van der Waals surface area contributed by atoms with E-state index in [1.165, 1.54) is 0 Å². The van der Waals surface area contributed by atoms with Gasteiger partial charge in [-0.2, -0.15) is 5.26 Å². The van der Waals surface area contributed by atoms with Crippen molar-refractivity contribution in [2.75, 3.05) is 20.3 Å². The van der Waals surface area contributed by atoms with Crippen molar-refractivity contribution in [3.8, 4) is 23.1 Å². The summed E-state index contributed by atoms with van der Waals surface area (Å²) >= 11 is 0. The Labute approximate surface area is 129 Å². The molecule has 1 aromatic heterocycles. The molecule has 1 heterocycles. The third kappa shape index (κ3) is 3.35. The van der Waals surface area contributed by atoms with Gasteiger partial charge in [-0.15, -0.1) is 0 Å². The van der Waals surface area contributed by atoms with E-state index in [-0.39, 0.29) is 11.1 Å². The maximum atomic E-state index is 12.3. The minimum atomic E-state index is -0.300. The molecule has 0 bridgehead atoms. The van der Waals surface area contributed by atoms with Crippen LogP contribution in [-0.4, -0.2) is 24.9 Å². The van der Waals surface area contributed by atoms with E-state index in [1.807, 2.05) is 37.3 Å². The Balaban J connectivity index is 2.47. The molecule has 0 saturated carbocycles. The Bertz CT molecular complexity index is 727. The van der Waals surface area contributed by atoms with E-state index in [1.54, 1.807) is 23.8 Å². The number of ether oxygens (including phenoxy) is 2. The van der Waals surface area contributed by atoms with E-state index < -0.39 is 0 Å². The summed E-state index contributed by atoms with van der Waals surface area (Å²) in [5.74, 6) is 0.783. The highest BCUT2D eigenvalue weighted by molar-refractivity contribution is 5.61. The van der Waals surface area contributed by atoms with E-state index >= 15 is 0 Å². The van der Waals surface area contributed by atoms with E-state index in [2.05, 4.69) is 0 Å². The maximum absolute atomic E-state index is 12.3. The molecule has 2 rings (SSSR count). The van der Waals surface area contributed by atoms with E-state index in [4.69, 9.17) is 14.7 Å². The summed E-state index contributed by atoms with van der Waals surface area (Å²) in [6, 6.07) is 12.8. The molecule has 1 aromatic carbocycles. The third-order valence-corrected chi connectivity index (χ3v) is 3.27. The van der Waals surface area contributed by atoms with Crippen LogP contribution in [0.15, 0.2) is 41.2 Å². The molecule has 0 aliphatic carbocycles. The molecule has 5 heteroatoms. The molecular weight excluding hydrogens is 280 g/mol. The van der Waals surface area contributed by atoms with Gasteiger partial charge in [0.25, 0.3) is 5.56 Å². The highest BCUT2D eigenvalue weighted by Crippen LogP contribution is 2.22. The Morgan fingerprint density at radius 2 is 1.91 bits per heavy atom. The monoisotopic (exact) mass is 298 g/mol. The molecular formula is C17H18N2O3. The lowest BCUT2D eigenvalue weighted by atomic mass is 10.1. The quantitative estimate of drug-likeness (QED) is 0.821. The standard InChI is InChI=1S/C17H18N2O3/c1-3-22-15-7-4-13(5-8-15)16-9-6-14(12-18)17(20)19(16)10-11-21-2/h4-9H,3,10-11H2,1-2H3. The Hall–Kier alpha value is -2.58. The van der Waals surface area contributed by atoms with Crippen LogP contribution in [0.3, 0.4) is 0 Å². The first-order valence-electron chi connectivity index (χ1n) is 7.07. The number of rotatable bonds is 6. The molecule has 0 amide bonds. The fourth-order valence-corrected chi connectivity index (χ4v) is 2.21. The molecule has 0 saturated heterocycles. The number of pyridine rings is 1. The van der Waals surface area contributed by atoms with Crippen LogP contribution in [0.4, 0.5) is 0 Å². The van der Waals surface area contributed by atoms with Crippen LogP contribution in [-0.2, 0) is 11.3 Å². The maximum Gasteiger partial charge on any atom is 0.269 e. The zero-order valence-electron chi connectivity index (χ0n) is 12.7. The van der Waals surface area contributed by atoms with Crippen molar-refractivity contribution < 1.29 is 9.47 Å². The summed E-state index contributed by atoms with van der Waals surface area (Å²) in [5.41, 5.74) is 1.47. The summed E-state index contributed by atoms with van der Waals surface area (Å²) < 4.78 is 12.0. The highest BCUT2D eigenvalue weighted by atomic mass is 16.5. The molecule has 0 N–H and O–H groups in total. The first-order valence-corrected chi connectivity index (χ1v) is 7.07. The lowest BCUT2D eigenvalue weighted by Crippen LogP contribution is -2.25. The minimum absolute atomic E-state index is 0.130. The number of methoxy groups -OCH3 is 1. The fourth-order valence-electron chi connectivity index (χ4n) is 2.21. The van der Waals surface area contributed by atoms with Crippen molar-refractivity contribution in [2.24, 2.45) is 0 Å². The summed E-state index contributed by atoms with van der Waals surface area (Å²) in [5, 5.41) is 9.01. The molecule has 2 aromatic rings. The zero-order chi connectivity index (χ0) is 15.9. The van der Waals surface area contributed by atoms with Crippen molar-refractivity contribution in [1.29, 1.82) is 5.26 Å². The number of aromatic nitrogens is 1. The number of benzene rings is 1. The second kappa shape index (κ2) is 7.43. The molecule has 0 radical (unpaired) electrons. The average molecular weight is 298 g/mol. The van der Waals surface area contributed by atoms with Gasteiger partial charge in [-0.05, 0) is 48.9 Å². The minimum Gasteiger partial charge on any atom is -0.494 e. The Morgan fingerprint density at radius 3 is 2.50 bits per heavy atom. The third-order valence-electron chi connectivity index (χ3n) is 3.27. The van der Waals surface area contributed by atoms with Gasteiger partial charge in [0, 0.05) is 13.7 Å².